The van der Waals surface area contributed by atoms with Gasteiger partial charge in [-0.2, -0.15) is 0 Å². The third-order valence-electron chi connectivity index (χ3n) is 9.98. The second-order valence-corrected chi connectivity index (χ2v) is 17.5. The molecule has 0 radical (unpaired) electrons. The SMILES string of the molecule is CC(C)CC(=O)c1ccc2c(c1)Cc1cc(C(=O)CCCCCCCCC(=O)c3ccc4c(c3)Cc3cc(C(=O)CC(C)C)ccc3S4)ccc1S2. The van der Waals surface area contributed by atoms with E-state index in [1.807, 2.05) is 36.4 Å². The summed E-state index contributed by atoms with van der Waals surface area (Å²) in [6, 6.07) is 24.3. The molecule has 52 heavy (non-hydrogen) atoms. The Balaban J connectivity index is 0.904. The van der Waals surface area contributed by atoms with Crippen molar-refractivity contribution >= 4 is 46.7 Å². The Hall–Kier alpha value is -3.74. The van der Waals surface area contributed by atoms with Crippen molar-refractivity contribution in [1.29, 1.82) is 0 Å². The summed E-state index contributed by atoms with van der Waals surface area (Å²) < 4.78 is 0. The first-order chi connectivity index (χ1) is 25.0. The van der Waals surface area contributed by atoms with Crippen molar-refractivity contribution in [1.82, 2.24) is 0 Å². The maximum Gasteiger partial charge on any atom is 0.163 e. The Bertz CT molecular complexity index is 1850. The van der Waals surface area contributed by atoms with Gasteiger partial charge in [-0.3, -0.25) is 19.2 Å². The van der Waals surface area contributed by atoms with Crippen LogP contribution in [0.1, 0.15) is 156 Å². The molecule has 0 atom stereocenters. The zero-order valence-corrected chi connectivity index (χ0v) is 32.7. The van der Waals surface area contributed by atoms with E-state index in [0.29, 0.717) is 37.5 Å². The third-order valence-corrected chi connectivity index (χ3v) is 12.4. The molecule has 4 aromatic rings. The summed E-state index contributed by atoms with van der Waals surface area (Å²) in [6.45, 7) is 8.27. The molecule has 0 aliphatic carbocycles. The first-order valence-electron chi connectivity index (χ1n) is 19.0. The lowest BCUT2D eigenvalue weighted by Gasteiger charge is -2.20. The lowest BCUT2D eigenvalue weighted by Crippen LogP contribution is -2.07. The van der Waals surface area contributed by atoms with Crippen LogP contribution < -0.4 is 0 Å². The number of carbonyl (C=O) groups excluding carboxylic acids is 4. The van der Waals surface area contributed by atoms with E-state index in [0.717, 1.165) is 95.9 Å². The van der Waals surface area contributed by atoms with Gasteiger partial charge >= 0.3 is 0 Å². The normalized spacial score (nSPS) is 13.0. The van der Waals surface area contributed by atoms with Crippen LogP contribution in [0.25, 0.3) is 0 Å². The Kier molecular flexibility index (Phi) is 12.7. The molecule has 2 aliphatic heterocycles. The third kappa shape index (κ3) is 9.62. The molecule has 0 N–H and O–H groups in total. The largest absolute Gasteiger partial charge is 0.294 e. The van der Waals surface area contributed by atoms with Crippen LogP contribution in [-0.4, -0.2) is 23.1 Å². The summed E-state index contributed by atoms with van der Waals surface area (Å²) >= 11 is 3.44. The van der Waals surface area contributed by atoms with E-state index in [1.165, 1.54) is 19.6 Å². The maximum atomic E-state index is 13.1. The fraction of sp³-hybridized carbons (Fsp3) is 0.391. The van der Waals surface area contributed by atoms with Crippen LogP contribution in [0.5, 0.6) is 0 Å². The monoisotopic (exact) mass is 730 g/mol. The molecule has 0 bridgehead atoms. The molecule has 0 unspecified atom stereocenters. The quantitative estimate of drug-likeness (QED) is 0.0687. The molecule has 0 amide bonds. The van der Waals surface area contributed by atoms with Crippen LogP contribution in [0.15, 0.2) is 92.4 Å². The zero-order valence-electron chi connectivity index (χ0n) is 31.0. The van der Waals surface area contributed by atoms with Crippen LogP contribution in [-0.2, 0) is 12.8 Å². The fourth-order valence-electron chi connectivity index (χ4n) is 7.15. The van der Waals surface area contributed by atoms with Crippen LogP contribution >= 0.6 is 23.5 Å². The second-order valence-electron chi connectivity index (χ2n) is 15.4. The summed E-state index contributed by atoms with van der Waals surface area (Å²) in [4.78, 5) is 56.2. The van der Waals surface area contributed by atoms with E-state index in [-0.39, 0.29) is 23.1 Å². The fourth-order valence-corrected chi connectivity index (χ4v) is 9.22. The Morgan fingerprint density at radius 2 is 0.731 bits per heavy atom. The van der Waals surface area contributed by atoms with Gasteiger partial charge in [0.2, 0.25) is 0 Å². The van der Waals surface area contributed by atoms with E-state index in [2.05, 4.69) is 64.1 Å². The number of rotatable bonds is 17. The van der Waals surface area contributed by atoms with Gasteiger partial charge in [0.15, 0.2) is 23.1 Å². The van der Waals surface area contributed by atoms with Gasteiger partial charge in [-0.15, -0.1) is 0 Å². The van der Waals surface area contributed by atoms with Crippen LogP contribution in [0, 0.1) is 11.8 Å². The van der Waals surface area contributed by atoms with Gasteiger partial charge in [-0.05, 0) is 108 Å². The smallest absolute Gasteiger partial charge is 0.163 e. The molecule has 0 saturated carbocycles. The van der Waals surface area contributed by atoms with Crippen LogP contribution in [0.4, 0.5) is 0 Å². The van der Waals surface area contributed by atoms with E-state index >= 15 is 0 Å². The van der Waals surface area contributed by atoms with Gasteiger partial charge in [0.05, 0.1) is 0 Å². The minimum absolute atomic E-state index is 0.190. The molecule has 0 spiro atoms. The number of fused-ring (bicyclic) bond motifs is 4. The van der Waals surface area contributed by atoms with Crippen molar-refractivity contribution in [2.24, 2.45) is 11.8 Å². The van der Waals surface area contributed by atoms with Crippen molar-refractivity contribution in [3.05, 3.63) is 117 Å². The van der Waals surface area contributed by atoms with Gasteiger partial charge in [-0.25, -0.2) is 0 Å². The molecule has 0 saturated heterocycles. The summed E-state index contributed by atoms with van der Waals surface area (Å²) in [5, 5.41) is 0. The van der Waals surface area contributed by atoms with E-state index in [1.54, 1.807) is 23.5 Å². The highest BCUT2D eigenvalue weighted by Gasteiger charge is 2.22. The van der Waals surface area contributed by atoms with Crippen molar-refractivity contribution in [3.8, 4) is 0 Å². The number of hydrogen-bond donors (Lipinski definition) is 0. The Morgan fingerprint density at radius 1 is 0.442 bits per heavy atom. The molecule has 2 aliphatic rings. The number of ketones is 4. The highest BCUT2D eigenvalue weighted by Crippen LogP contribution is 2.42. The molecule has 2 heterocycles. The minimum atomic E-state index is 0.190. The van der Waals surface area contributed by atoms with Gasteiger partial charge in [0, 0.05) is 67.5 Å². The van der Waals surface area contributed by atoms with Gasteiger partial charge in [0.25, 0.3) is 0 Å². The lowest BCUT2D eigenvalue weighted by atomic mass is 9.95. The van der Waals surface area contributed by atoms with E-state index in [4.69, 9.17) is 0 Å². The molecular weight excluding hydrogens is 681 g/mol. The molecule has 6 heteroatoms. The first-order valence-corrected chi connectivity index (χ1v) is 20.7. The molecule has 4 aromatic carbocycles. The summed E-state index contributed by atoms with van der Waals surface area (Å²) in [7, 11) is 0. The predicted molar refractivity (Wildman–Crippen MR) is 213 cm³/mol. The number of carbonyl (C=O) groups is 4. The maximum absolute atomic E-state index is 13.1. The second kappa shape index (κ2) is 17.4. The van der Waals surface area contributed by atoms with Crippen molar-refractivity contribution in [2.75, 3.05) is 0 Å². The topological polar surface area (TPSA) is 68.3 Å². The van der Waals surface area contributed by atoms with Gasteiger partial charge in [-0.1, -0.05) is 101 Å². The highest BCUT2D eigenvalue weighted by atomic mass is 32.2. The number of benzene rings is 4. The summed E-state index contributed by atoms with van der Waals surface area (Å²) in [6.07, 6.45) is 9.58. The molecular formula is C46H50O4S2. The predicted octanol–water partition coefficient (Wildman–Crippen LogP) is 12.4. The standard InChI is InChI=1S/C46H50O4S2/c1-29(2)21-41(49)33-15-19-45-37(25-33)27-35-23-31(13-17-43(35)51-45)39(47)11-9-7-5-6-8-10-12-40(48)32-14-18-44-36(24-32)28-38-26-34(16-20-46(38)52-44)42(50)22-30(3)4/h13-20,23-26,29-30H,5-12,21-22,27-28H2,1-4H3. The van der Waals surface area contributed by atoms with Crippen molar-refractivity contribution < 1.29 is 19.2 Å². The average molecular weight is 731 g/mol. The van der Waals surface area contributed by atoms with Crippen molar-refractivity contribution in [3.63, 3.8) is 0 Å². The number of hydrogen-bond acceptors (Lipinski definition) is 6. The summed E-state index contributed by atoms with van der Waals surface area (Å²) in [5.41, 5.74) is 7.77. The molecule has 6 rings (SSSR count). The summed E-state index contributed by atoms with van der Waals surface area (Å²) in [5.74, 6) is 1.43. The Labute approximate surface area is 318 Å². The number of unbranched alkanes of at least 4 members (excludes halogenated alkanes) is 5. The van der Waals surface area contributed by atoms with Crippen LogP contribution in [0.3, 0.4) is 0 Å². The lowest BCUT2D eigenvalue weighted by molar-refractivity contribution is 0.0959. The minimum Gasteiger partial charge on any atom is -0.294 e. The highest BCUT2D eigenvalue weighted by molar-refractivity contribution is 7.99. The number of Topliss-reactive ketones (excluding diaryl/α,β-unsaturated/α-hetero) is 4. The van der Waals surface area contributed by atoms with Crippen LogP contribution in [0.2, 0.25) is 0 Å². The molecule has 0 aromatic heterocycles. The molecule has 0 fully saturated rings. The first kappa shape index (κ1) is 38.0. The average Bonchev–Trinajstić information content (AvgIpc) is 3.12. The zero-order chi connectivity index (χ0) is 36.8. The van der Waals surface area contributed by atoms with Crippen molar-refractivity contribution in [2.45, 2.75) is 124 Å². The van der Waals surface area contributed by atoms with E-state index in [9.17, 15) is 19.2 Å². The van der Waals surface area contributed by atoms with Gasteiger partial charge in [0.1, 0.15) is 0 Å². The molecule has 270 valence electrons. The Morgan fingerprint density at radius 3 is 1.04 bits per heavy atom. The molecule has 4 nitrogen and oxygen atoms in total. The van der Waals surface area contributed by atoms with E-state index < -0.39 is 0 Å². The van der Waals surface area contributed by atoms with Gasteiger partial charge < -0.3 is 0 Å².